The minimum Gasteiger partial charge on any atom is -0.369 e. The van der Waals surface area contributed by atoms with Crippen molar-refractivity contribution in [3.63, 3.8) is 0 Å². The highest BCUT2D eigenvalue weighted by atomic mass is 16.2. The first-order chi connectivity index (χ1) is 19.4. The molecule has 0 aliphatic rings. The number of primary amides is 2. The van der Waals surface area contributed by atoms with E-state index in [1.165, 1.54) is 4.90 Å². The Kier molecular flexibility index (Phi) is 9.06. The Morgan fingerprint density at radius 1 is 0.725 bits per heavy atom. The van der Waals surface area contributed by atoms with E-state index in [0.29, 0.717) is 11.1 Å². The normalized spacial score (nSPS) is 11.4. The summed E-state index contributed by atoms with van der Waals surface area (Å²) in [5, 5.41) is 9.36. The molecule has 0 saturated heterocycles. The Hall–Kier alpha value is -5.22. The number of carbonyl (C=O) groups excluding carboxylic acids is 3. The summed E-state index contributed by atoms with van der Waals surface area (Å²) in [7, 11) is 0. The van der Waals surface area contributed by atoms with Crippen LogP contribution in [0.2, 0.25) is 0 Å². The van der Waals surface area contributed by atoms with Crippen molar-refractivity contribution in [3.8, 4) is 6.07 Å². The molecule has 0 aromatic heterocycles. The van der Waals surface area contributed by atoms with Gasteiger partial charge < -0.3 is 16.4 Å². The van der Waals surface area contributed by atoms with Gasteiger partial charge in [-0.3, -0.25) is 14.4 Å². The minimum atomic E-state index is -0.985. The molecule has 4 aromatic carbocycles. The summed E-state index contributed by atoms with van der Waals surface area (Å²) in [6.45, 7) is 0.109. The third-order valence-electron chi connectivity index (χ3n) is 6.74. The molecule has 0 heterocycles. The van der Waals surface area contributed by atoms with Gasteiger partial charge in [-0.05, 0) is 39.9 Å². The first-order valence-corrected chi connectivity index (χ1v) is 12.9. The highest BCUT2D eigenvalue weighted by Crippen LogP contribution is 2.29. The van der Waals surface area contributed by atoms with Gasteiger partial charge in [0.15, 0.2) is 0 Å². The number of nitrogens with zero attached hydrogens (tertiary/aromatic N) is 2. The summed E-state index contributed by atoms with van der Waals surface area (Å²) in [4.78, 5) is 40.4. The van der Waals surface area contributed by atoms with E-state index in [1.54, 1.807) is 30.3 Å². The van der Waals surface area contributed by atoms with Gasteiger partial charge in [0.1, 0.15) is 6.04 Å². The molecule has 7 nitrogen and oxygen atoms in total. The average molecular weight is 531 g/mol. The second kappa shape index (κ2) is 13.0. The lowest BCUT2D eigenvalue weighted by molar-refractivity contribution is -0.140. The molecule has 0 fully saturated rings. The van der Waals surface area contributed by atoms with E-state index in [2.05, 4.69) is 6.07 Å². The molecule has 0 saturated carbocycles. The van der Waals surface area contributed by atoms with E-state index < -0.39 is 23.8 Å². The third kappa shape index (κ3) is 7.00. The summed E-state index contributed by atoms with van der Waals surface area (Å²) >= 11 is 0. The zero-order valence-corrected chi connectivity index (χ0v) is 21.9. The molecule has 0 bridgehead atoms. The van der Waals surface area contributed by atoms with Crippen molar-refractivity contribution in [2.75, 3.05) is 0 Å². The molecule has 0 aliphatic heterocycles. The van der Waals surface area contributed by atoms with Crippen LogP contribution in [-0.2, 0) is 33.8 Å². The topological polar surface area (TPSA) is 130 Å². The maximum atomic E-state index is 14.5. The minimum absolute atomic E-state index is 0.103. The highest BCUT2D eigenvalue weighted by molar-refractivity contribution is 5.92. The van der Waals surface area contributed by atoms with Crippen LogP contribution in [0, 0.1) is 11.3 Å². The van der Waals surface area contributed by atoms with E-state index >= 15 is 0 Å². The van der Waals surface area contributed by atoms with Crippen molar-refractivity contribution in [2.24, 2.45) is 11.5 Å². The van der Waals surface area contributed by atoms with Crippen molar-refractivity contribution < 1.29 is 14.4 Å². The molecule has 3 amide bonds. The Morgan fingerprint density at radius 3 is 1.82 bits per heavy atom. The monoisotopic (exact) mass is 530 g/mol. The van der Waals surface area contributed by atoms with Gasteiger partial charge in [-0.1, -0.05) is 97.1 Å². The van der Waals surface area contributed by atoms with Crippen LogP contribution >= 0.6 is 0 Å². The molecule has 0 aliphatic carbocycles. The summed E-state index contributed by atoms with van der Waals surface area (Å²) in [5.74, 6) is -2.05. The van der Waals surface area contributed by atoms with Gasteiger partial charge in [-0.2, -0.15) is 5.26 Å². The summed E-state index contributed by atoms with van der Waals surface area (Å²) in [5.41, 5.74) is 15.5. The van der Waals surface area contributed by atoms with E-state index in [-0.39, 0.29) is 25.3 Å². The molecular weight excluding hydrogens is 500 g/mol. The fraction of sp³-hybridized carbons (Fsp3) is 0.152. The van der Waals surface area contributed by atoms with Gasteiger partial charge >= 0.3 is 0 Å². The van der Waals surface area contributed by atoms with Gasteiger partial charge in [-0.25, -0.2) is 0 Å². The second-order valence-corrected chi connectivity index (χ2v) is 9.61. The van der Waals surface area contributed by atoms with Crippen molar-refractivity contribution in [3.05, 3.63) is 143 Å². The number of hydrogen-bond acceptors (Lipinski definition) is 4. The molecule has 0 unspecified atom stereocenters. The van der Waals surface area contributed by atoms with E-state index in [9.17, 15) is 19.6 Å². The van der Waals surface area contributed by atoms with Crippen LogP contribution in [0.15, 0.2) is 109 Å². The fourth-order valence-corrected chi connectivity index (χ4v) is 4.79. The quantitative estimate of drug-likeness (QED) is 0.305. The first-order valence-electron chi connectivity index (χ1n) is 12.9. The smallest absolute Gasteiger partial charge is 0.240 e. The van der Waals surface area contributed by atoms with Crippen molar-refractivity contribution in [1.82, 2.24) is 4.90 Å². The van der Waals surface area contributed by atoms with Gasteiger partial charge in [0.05, 0.1) is 24.0 Å². The zero-order valence-electron chi connectivity index (χ0n) is 21.9. The van der Waals surface area contributed by atoms with E-state index in [4.69, 9.17) is 11.5 Å². The standard InChI is InChI=1S/C33H30N4O3/c34-21-26-9-7-8-25(18-26)19-29(32(36)39)37(22-24-16-14-23(15-17-24)20-30(35)38)33(40)31(27-10-3-1-4-11-27)28-12-5-2-6-13-28/h1-18,29,31H,19-20,22H2,(H2,35,38)(H2,36,39)/t29-/m1/s1. The van der Waals surface area contributed by atoms with Crippen LogP contribution < -0.4 is 11.5 Å². The lowest BCUT2D eigenvalue weighted by Gasteiger charge is -2.33. The molecule has 4 aromatic rings. The Balaban J connectivity index is 1.78. The van der Waals surface area contributed by atoms with Crippen LogP contribution in [-0.4, -0.2) is 28.7 Å². The molecule has 200 valence electrons. The summed E-state index contributed by atoms with van der Waals surface area (Å²) in [6.07, 6.45) is 0.249. The summed E-state index contributed by atoms with van der Waals surface area (Å²) < 4.78 is 0. The maximum absolute atomic E-state index is 14.5. The van der Waals surface area contributed by atoms with Crippen molar-refractivity contribution >= 4 is 17.7 Å². The molecule has 40 heavy (non-hydrogen) atoms. The van der Waals surface area contributed by atoms with E-state index in [0.717, 1.165) is 22.3 Å². The van der Waals surface area contributed by atoms with Crippen LogP contribution in [0.25, 0.3) is 0 Å². The van der Waals surface area contributed by atoms with Crippen LogP contribution in [0.3, 0.4) is 0 Å². The predicted octanol–water partition coefficient (Wildman–Crippen LogP) is 3.84. The lowest BCUT2D eigenvalue weighted by atomic mass is 9.88. The molecular formula is C33H30N4O3. The number of nitrogens with two attached hydrogens (primary N) is 2. The molecule has 0 radical (unpaired) electrons. The predicted molar refractivity (Wildman–Crippen MR) is 152 cm³/mol. The molecule has 0 spiro atoms. The first kappa shape index (κ1) is 27.8. The number of hydrogen-bond donors (Lipinski definition) is 2. The van der Waals surface area contributed by atoms with Crippen LogP contribution in [0.1, 0.15) is 39.3 Å². The number of amides is 3. The number of rotatable bonds is 11. The number of carbonyl (C=O) groups is 3. The van der Waals surface area contributed by atoms with Crippen LogP contribution in [0.4, 0.5) is 0 Å². The highest BCUT2D eigenvalue weighted by Gasteiger charge is 2.34. The Labute approximate surface area is 233 Å². The SMILES string of the molecule is N#Cc1cccc(C[C@H](C(N)=O)N(Cc2ccc(CC(N)=O)cc2)C(=O)C(c2ccccc2)c2ccccc2)c1. The average Bonchev–Trinajstić information content (AvgIpc) is 2.96. The molecule has 4 rings (SSSR count). The van der Waals surface area contributed by atoms with Gasteiger partial charge in [0.25, 0.3) is 0 Å². The van der Waals surface area contributed by atoms with E-state index in [1.807, 2.05) is 78.9 Å². The van der Waals surface area contributed by atoms with Gasteiger partial charge in [0.2, 0.25) is 17.7 Å². The molecule has 7 heteroatoms. The zero-order chi connectivity index (χ0) is 28.5. The fourth-order valence-electron chi connectivity index (χ4n) is 4.79. The number of benzene rings is 4. The summed E-state index contributed by atoms with van der Waals surface area (Å²) in [6, 6.07) is 34.1. The van der Waals surface area contributed by atoms with Crippen molar-refractivity contribution in [2.45, 2.75) is 31.3 Å². The van der Waals surface area contributed by atoms with Gasteiger partial charge in [-0.15, -0.1) is 0 Å². The lowest BCUT2D eigenvalue weighted by Crippen LogP contribution is -2.50. The largest absolute Gasteiger partial charge is 0.369 e. The Bertz CT molecular complexity index is 1470. The van der Waals surface area contributed by atoms with Crippen molar-refractivity contribution in [1.29, 1.82) is 5.26 Å². The molecule has 1 atom stereocenters. The third-order valence-corrected chi connectivity index (χ3v) is 6.74. The Morgan fingerprint density at radius 2 is 1.30 bits per heavy atom. The second-order valence-electron chi connectivity index (χ2n) is 9.61. The number of nitriles is 1. The van der Waals surface area contributed by atoms with Gasteiger partial charge in [0, 0.05) is 13.0 Å². The maximum Gasteiger partial charge on any atom is 0.240 e. The van der Waals surface area contributed by atoms with Crippen LogP contribution in [0.5, 0.6) is 0 Å². The molecule has 4 N–H and O–H groups in total.